The Kier molecular flexibility index (Phi) is 18.5. The number of rotatable bonds is 17. The number of anilines is 1. The Hall–Kier alpha value is -6.40. The number of phosphoric acid groups is 1. The number of nitrogens with zero attached hydrogens (tertiary/aromatic N) is 7. The number of urea groups is 1. The van der Waals surface area contributed by atoms with Gasteiger partial charge < -0.3 is 19.7 Å². The molecule has 21 nitrogen and oxygen atoms in total. The minimum Gasteiger partial charge on any atom is -0.436 e. The molecule has 2 fully saturated rings. The third-order valence-corrected chi connectivity index (χ3v) is 19.1. The van der Waals surface area contributed by atoms with Crippen LogP contribution in [0.2, 0.25) is 5.02 Å². The number of aromatic nitrogens is 5. The first-order valence-corrected chi connectivity index (χ1v) is 32.3. The number of fused-ring (bicyclic) bond motifs is 4. The van der Waals surface area contributed by atoms with Gasteiger partial charge in [-0.05, 0) is 116 Å². The van der Waals surface area contributed by atoms with E-state index in [9.17, 15) is 62.1 Å². The Morgan fingerprint density at radius 3 is 2.09 bits per heavy atom. The monoisotopic (exact) mass is 1350 g/mol. The molecule has 4 heterocycles. The molecular weight excluding hydrogens is 1290 g/mol. The summed E-state index contributed by atoms with van der Waals surface area (Å²) in [6.07, 6.45) is -10.3. The van der Waals surface area contributed by atoms with Crippen molar-refractivity contribution in [2.24, 2.45) is 5.92 Å². The molecule has 0 radical (unpaired) electrons. The van der Waals surface area contributed by atoms with Gasteiger partial charge in [0.15, 0.2) is 27.4 Å². The normalized spacial score (nSPS) is 18.4. The molecule has 0 unspecified atom stereocenters. The van der Waals surface area contributed by atoms with Crippen molar-refractivity contribution in [3.63, 3.8) is 0 Å². The van der Waals surface area contributed by atoms with Crippen LogP contribution in [0.1, 0.15) is 108 Å². The van der Waals surface area contributed by atoms with E-state index in [0.29, 0.717) is 17.2 Å². The van der Waals surface area contributed by atoms with Crippen molar-refractivity contribution in [3.8, 4) is 23.0 Å². The predicted octanol–water partition coefficient (Wildman–Crippen LogP) is 10.1. The highest BCUT2D eigenvalue weighted by Gasteiger charge is 2.68. The quantitative estimate of drug-likeness (QED) is 0.0299. The molecule has 486 valence electrons. The minimum absolute atomic E-state index is 0.0609. The number of alkyl halides is 8. The molecule has 1 N–H and O–H groups in total. The molecule has 89 heavy (non-hydrogen) atoms. The maximum atomic E-state index is 15.8. The van der Waals surface area contributed by atoms with Crippen LogP contribution in [0, 0.1) is 29.4 Å². The van der Waals surface area contributed by atoms with E-state index in [1.54, 1.807) is 0 Å². The van der Waals surface area contributed by atoms with Crippen LogP contribution in [0.4, 0.5) is 54.5 Å². The van der Waals surface area contributed by atoms with Crippen molar-refractivity contribution < 1.29 is 103 Å². The van der Waals surface area contributed by atoms with Gasteiger partial charge >= 0.3 is 32.2 Å². The highest BCUT2D eigenvalue weighted by molar-refractivity contribution is 7.93. The van der Waals surface area contributed by atoms with E-state index in [4.69, 9.17) is 34.6 Å². The molecule has 3 amide bonds. The van der Waals surface area contributed by atoms with Crippen LogP contribution in [0.5, 0.6) is 0 Å². The highest BCUT2D eigenvalue weighted by Crippen LogP contribution is 2.68. The van der Waals surface area contributed by atoms with Gasteiger partial charge in [0, 0.05) is 41.5 Å². The number of carbonyl (C=O) groups is 3. The van der Waals surface area contributed by atoms with Gasteiger partial charge in [-0.2, -0.15) is 49.6 Å². The van der Waals surface area contributed by atoms with E-state index in [0.717, 1.165) is 42.7 Å². The van der Waals surface area contributed by atoms with E-state index in [2.05, 4.69) is 32.3 Å². The summed E-state index contributed by atoms with van der Waals surface area (Å²) in [7, 11) is -13.6. The number of pyridine rings is 1. The molecule has 2 aromatic carbocycles. The number of halogens is 11. The fourth-order valence-electron chi connectivity index (χ4n) is 9.92. The van der Waals surface area contributed by atoms with Crippen molar-refractivity contribution in [1.82, 2.24) is 34.8 Å². The summed E-state index contributed by atoms with van der Waals surface area (Å²) >= 11 is 6.80. The Morgan fingerprint density at radius 1 is 0.899 bits per heavy atom. The number of esters is 1. The minimum atomic E-state index is -5.27. The Labute approximate surface area is 508 Å². The molecule has 5 aromatic rings. The van der Waals surface area contributed by atoms with E-state index in [-0.39, 0.29) is 43.5 Å². The van der Waals surface area contributed by atoms with Gasteiger partial charge in [-0.1, -0.05) is 23.6 Å². The second-order valence-electron chi connectivity index (χ2n) is 23.7. The number of phosphoric ester groups is 1. The highest BCUT2D eigenvalue weighted by atomic mass is 35.5. The van der Waals surface area contributed by atoms with Crippen molar-refractivity contribution in [1.29, 1.82) is 0 Å². The van der Waals surface area contributed by atoms with Gasteiger partial charge in [0.25, 0.3) is 5.92 Å². The largest absolute Gasteiger partial charge is 0.478 e. The first-order valence-electron chi connectivity index (χ1n) is 26.7. The number of hydrogen-bond acceptors (Lipinski definition) is 16. The Balaban J connectivity index is 1.29. The third kappa shape index (κ3) is 15.3. The molecule has 1 aliphatic heterocycles. The molecule has 0 bridgehead atoms. The average molecular weight is 1350 g/mol. The van der Waals surface area contributed by atoms with Crippen molar-refractivity contribution in [2.75, 3.05) is 43.4 Å². The van der Waals surface area contributed by atoms with Crippen LogP contribution in [0.25, 0.3) is 22.0 Å². The summed E-state index contributed by atoms with van der Waals surface area (Å²) < 4.78 is 242. The molecule has 0 spiro atoms. The summed E-state index contributed by atoms with van der Waals surface area (Å²) in [5.74, 6) is -7.77. The topological polar surface area (TPSA) is 250 Å². The summed E-state index contributed by atoms with van der Waals surface area (Å²) in [6, 6.07) is 0.937. The molecule has 2 aliphatic carbocycles. The number of hydrogen-bond donors (Lipinski definition) is 1. The summed E-state index contributed by atoms with van der Waals surface area (Å²) in [5.41, 5.74) is -8.72. The number of sulfonamides is 1. The smallest absolute Gasteiger partial charge is 0.436 e. The van der Waals surface area contributed by atoms with Gasteiger partial charge in [0.05, 0.1) is 58.3 Å². The van der Waals surface area contributed by atoms with E-state index in [1.807, 2.05) is 0 Å². The van der Waals surface area contributed by atoms with Gasteiger partial charge in [0.1, 0.15) is 40.9 Å². The van der Waals surface area contributed by atoms with E-state index in [1.165, 1.54) is 55.4 Å². The second-order valence-corrected chi connectivity index (χ2v) is 30.0. The zero-order valence-electron chi connectivity index (χ0n) is 48.9. The Bertz CT molecular complexity index is 3970. The van der Waals surface area contributed by atoms with Crippen LogP contribution >= 0.6 is 19.4 Å². The fraction of sp³-hybridized carbons (Fsp3) is 0.519. The van der Waals surface area contributed by atoms with Gasteiger partial charge in [-0.15, -0.1) is 0 Å². The lowest BCUT2D eigenvalue weighted by Crippen LogP contribution is -2.58. The van der Waals surface area contributed by atoms with Crippen LogP contribution in [-0.2, 0) is 88.7 Å². The van der Waals surface area contributed by atoms with E-state index >= 15 is 17.6 Å². The number of sulfone groups is 1. The Morgan fingerprint density at radius 2 is 1.52 bits per heavy atom. The molecular formula is C54H58ClF10N8O13PS2. The zero-order chi connectivity index (χ0) is 66.3. The fourth-order valence-corrected chi connectivity index (χ4v) is 12.9. The number of amides is 3. The van der Waals surface area contributed by atoms with Crippen molar-refractivity contribution in [2.45, 2.75) is 134 Å². The van der Waals surface area contributed by atoms with Crippen molar-refractivity contribution >= 4 is 73.9 Å². The SMILES string of the molecule is CC(C)(C)OP(=O)(OCOC(=O)[C@@H]1COCCN1C(=O)N(c1nn(CC(F)(F)F)c2c(-c3ccc(C#CC(C)(C)S(C)(=O)=O)nc3[C@H](Cc3cc(F)cc(F)c3)NC(=O)Cn3nc(C(F)(F)F)c4c3C(F)(F)[C@@H]3C[C@H]43)ccc(Cl)c12)S(C)(=O)=O)OC(C)(C)C. The predicted molar refractivity (Wildman–Crippen MR) is 298 cm³/mol. The number of morpholine rings is 1. The maximum absolute atomic E-state index is 15.8. The standard InChI is InChI=1S/C54H58ClF10N8O13PS2/c1-49(2,3)85-87(77,86-50(4,5)6)84-27-83-47(75)38-25-82-18-17-70(38)48(76)73(89(10,80)81)46-41-36(55)14-13-33(43(41)72(69-46)26-52(58,59)60)32-12-11-31(15-16-51(7,8)88(9,78)79)66-42(32)37(21-28-19-29(56)22-30(57)20-28)67-39(74)24-71-45-40(44(68-71)54(63,64)65)34-23-35(34)53(45,61)62/h11-14,19-20,22,34-35,37-38H,17-18,21,23-27H2,1-10H3,(H,67,74)/t34-,35+,37-,38-/m0/s1. The lowest BCUT2D eigenvalue weighted by molar-refractivity contribution is -0.162. The molecule has 8 rings (SSSR count). The van der Waals surface area contributed by atoms with E-state index < -0.39 is 205 Å². The van der Waals surface area contributed by atoms with Crippen LogP contribution in [0.3, 0.4) is 0 Å². The van der Waals surface area contributed by atoms with Crippen LogP contribution < -0.4 is 9.62 Å². The summed E-state index contributed by atoms with van der Waals surface area (Å²) in [5, 5.41) is 8.53. The van der Waals surface area contributed by atoms with Crippen LogP contribution in [-0.4, -0.2) is 131 Å². The lowest BCUT2D eigenvalue weighted by atomic mass is 9.93. The number of nitrogens with one attached hydrogen (secondary N) is 1. The lowest BCUT2D eigenvalue weighted by Gasteiger charge is -2.36. The van der Waals surface area contributed by atoms with Gasteiger partial charge in [-0.25, -0.2) is 49.3 Å². The molecule has 3 aromatic heterocycles. The number of ether oxygens (including phenoxy) is 2. The molecule has 3 aliphatic rings. The average Bonchev–Trinajstić information content (AvgIpc) is 1.53. The second kappa shape index (κ2) is 24.0. The third-order valence-electron chi connectivity index (χ3n) is 13.8. The molecule has 1 saturated heterocycles. The van der Waals surface area contributed by atoms with Crippen LogP contribution in [0.15, 0.2) is 42.5 Å². The van der Waals surface area contributed by atoms with Gasteiger partial charge in [-0.3, -0.25) is 23.2 Å². The molecule has 35 heteroatoms. The molecule has 1 saturated carbocycles. The van der Waals surface area contributed by atoms with Gasteiger partial charge in [0.2, 0.25) is 22.7 Å². The summed E-state index contributed by atoms with van der Waals surface area (Å²) in [4.78, 5) is 48.3. The van der Waals surface area contributed by atoms with Crippen molar-refractivity contribution in [3.05, 3.63) is 93.0 Å². The number of carbonyl (C=O) groups excluding carboxylic acids is 3. The summed E-state index contributed by atoms with van der Waals surface area (Å²) in [6.45, 7) is 5.35. The zero-order valence-corrected chi connectivity index (χ0v) is 52.2. The number of benzene rings is 2. The first-order chi connectivity index (χ1) is 40.7. The molecule has 4 atom stereocenters. The first kappa shape index (κ1) is 68.5. The maximum Gasteiger partial charge on any atom is 0.478 e.